The van der Waals surface area contributed by atoms with E-state index < -0.39 is 0 Å². The van der Waals surface area contributed by atoms with Gasteiger partial charge in [-0.15, -0.1) is 0 Å². The van der Waals surface area contributed by atoms with Gasteiger partial charge in [0.15, 0.2) is 0 Å². The van der Waals surface area contributed by atoms with Gasteiger partial charge in [-0.05, 0) is 36.1 Å². The van der Waals surface area contributed by atoms with Gasteiger partial charge in [0.25, 0.3) is 0 Å². The predicted octanol–water partition coefficient (Wildman–Crippen LogP) is 4.08. The molecule has 1 aromatic carbocycles. The monoisotopic (exact) mass is 245 g/mol. The Bertz CT molecular complexity index is 325. The van der Waals surface area contributed by atoms with Gasteiger partial charge < -0.3 is 5.73 Å². The summed E-state index contributed by atoms with van der Waals surface area (Å²) in [6.07, 6.45) is 1.11. The minimum Gasteiger partial charge on any atom is -0.330 e. The molecular formula is C12H17Cl2N. The van der Waals surface area contributed by atoms with E-state index in [0.717, 1.165) is 6.42 Å². The van der Waals surface area contributed by atoms with Crippen LogP contribution in [0.3, 0.4) is 0 Å². The van der Waals surface area contributed by atoms with Gasteiger partial charge in [0, 0.05) is 0 Å². The summed E-state index contributed by atoms with van der Waals surface area (Å²) in [5.41, 5.74) is 6.98. The van der Waals surface area contributed by atoms with E-state index in [1.807, 2.05) is 18.2 Å². The summed E-state index contributed by atoms with van der Waals surface area (Å²) in [6.45, 7) is 5.03. The third-order valence-electron chi connectivity index (χ3n) is 2.96. The molecule has 15 heavy (non-hydrogen) atoms. The first-order chi connectivity index (χ1) is 7.10. The van der Waals surface area contributed by atoms with Gasteiger partial charge in [0.1, 0.15) is 0 Å². The predicted molar refractivity (Wildman–Crippen MR) is 67.7 cm³/mol. The molecule has 0 heterocycles. The van der Waals surface area contributed by atoms with Gasteiger partial charge in [-0.1, -0.05) is 49.5 Å². The summed E-state index contributed by atoms with van der Waals surface area (Å²) >= 11 is 11.9. The molecule has 3 heteroatoms. The van der Waals surface area contributed by atoms with Crippen LogP contribution in [-0.4, -0.2) is 6.54 Å². The Morgan fingerprint density at radius 3 is 2.40 bits per heavy atom. The van der Waals surface area contributed by atoms with Crippen molar-refractivity contribution in [2.45, 2.75) is 26.2 Å². The van der Waals surface area contributed by atoms with E-state index in [9.17, 15) is 0 Å². The Kier molecular flexibility index (Phi) is 4.91. The number of benzene rings is 1. The van der Waals surface area contributed by atoms with Gasteiger partial charge in [-0.25, -0.2) is 0 Å². The average molecular weight is 246 g/mol. The van der Waals surface area contributed by atoms with Crippen molar-refractivity contribution >= 4 is 23.2 Å². The van der Waals surface area contributed by atoms with E-state index in [-0.39, 0.29) is 0 Å². The molecule has 0 bridgehead atoms. The molecule has 2 unspecified atom stereocenters. The van der Waals surface area contributed by atoms with E-state index in [1.165, 1.54) is 5.56 Å². The maximum atomic E-state index is 5.99. The summed E-state index contributed by atoms with van der Waals surface area (Å²) in [7, 11) is 0. The zero-order chi connectivity index (χ0) is 11.4. The fourth-order valence-corrected chi connectivity index (χ4v) is 2.03. The lowest BCUT2D eigenvalue weighted by atomic mass is 9.86. The second-order valence-electron chi connectivity index (χ2n) is 3.90. The average Bonchev–Trinajstić information content (AvgIpc) is 2.24. The Morgan fingerprint density at radius 2 is 1.93 bits per heavy atom. The molecule has 1 nitrogen and oxygen atoms in total. The number of hydrogen-bond acceptors (Lipinski definition) is 1. The molecule has 0 saturated carbocycles. The summed E-state index contributed by atoms with van der Waals surface area (Å²) in [5, 5.41) is 1.20. The van der Waals surface area contributed by atoms with Gasteiger partial charge in [0.2, 0.25) is 0 Å². The first-order valence-corrected chi connectivity index (χ1v) is 6.00. The van der Waals surface area contributed by atoms with Crippen LogP contribution in [0.15, 0.2) is 18.2 Å². The van der Waals surface area contributed by atoms with E-state index in [4.69, 9.17) is 28.9 Å². The second-order valence-corrected chi connectivity index (χ2v) is 4.72. The minimum atomic E-state index is 0.366. The van der Waals surface area contributed by atoms with Crippen molar-refractivity contribution < 1.29 is 0 Å². The largest absolute Gasteiger partial charge is 0.330 e. The minimum absolute atomic E-state index is 0.366. The molecule has 1 aromatic rings. The van der Waals surface area contributed by atoms with Gasteiger partial charge >= 0.3 is 0 Å². The van der Waals surface area contributed by atoms with E-state index >= 15 is 0 Å². The molecular weight excluding hydrogens is 229 g/mol. The highest BCUT2D eigenvalue weighted by Gasteiger charge is 2.17. The Labute approximate surface area is 102 Å². The molecule has 0 saturated heterocycles. The van der Waals surface area contributed by atoms with Crippen LogP contribution in [0.5, 0.6) is 0 Å². The lowest BCUT2D eigenvalue weighted by Crippen LogP contribution is -2.19. The van der Waals surface area contributed by atoms with E-state index in [2.05, 4.69) is 13.8 Å². The lowest BCUT2D eigenvalue weighted by molar-refractivity contribution is 0.452. The van der Waals surface area contributed by atoms with Gasteiger partial charge in [-0.3, -0.25) is 0 Å². The number of halogens is 2. The molecule has 0 aromatic heterocycles. The summed E-state index contributed by atoms with van der Waals surface area (Å²) in [6, 6.07) is 5.77. The van der Waals surface area contributed by atoms with Crippen LogP contribution < -0.4 is 5.73 Å². The van der Waals surface area contributed by atoms with Crippen LogP contribution in [0.1, 0.15) is 31.7 Å². The normalized spacial score (nSPS) is 15.0. The summed E-state index contributed by atoms with van der Waals surface area (Å²) < 4.78 is 0. The van der Waals surface area contributed by atoms with Crippen LogP contribution in [0, 0.1) is 5.92 Å². The molecule has 0 aliphatic carbocycles. The van der Waals surface area contributed by atoms with E-state index in [0.29, 0.717) is 28.4 Å². The first kappa shape index (κ1) is 12.8. The van der Waals surface area contributed by atoms with Crippen molar-refractivity contribution in [2.24, 2.45) is 11.7 Å². The molecule has 0 amide bonds. The molecule has 0 fully saturated rings. The smallest absolute Gasteiger partial charge is 0.0595 e. The molecule has 0 radical (unpaired) electrons. The van der Waals surface area contributed by atoms with E-state index in [1.54, 1.807) is 0 Å². The van der Waals surface area contributed by atoms with Crippen LogP contribution in [0.25, 0.3) is 0 Å². The van der Waals surface area contributed by atoms with Crippen LogP contribution in [0.4, 0.5) is 0 Å². The SMILES string of the molecule is CCC(C)C(CN)c1ccc(Cl)c(Cl)c1. The zero-order valence-electron chi connectivity index (χ0n) is 9.13. The third kappa shape index (κ3) is 3.10. The van der Waals surface area contributed by atoms with Crippen molar-refractivity contribution in [1.29, 1.82) is 0 Å². The van der Waals surface area contributed by atoms with Crippen LogP contribution in [0.2, 0.25) is 10.0 Å². The molecule has 1 rings (SSSR count). The van der Waals surface area contributed by atoms with Gasteiger partial charge in [-0.2, -0.15) is 0 Å². The van der Waals surface area contributed by atoms with Crippen LogP contribution in [-0.2, 0) is 0 Å². The second kappa shape index (κ2) is 5.74. The highest BCUT2D eigenvalue weighted by atomic mass is 35.5. The van der Waals surface area contributed by atoms with Crippen molar-refractivity contribution in [2.75, 3.05) is 6.54 Å². The quantitative estimate of drug-likeness (QED) is 0.850. The highest BCUT2D eigenvalue weighted by molar-refractivity contribution is 6.42. The summed E-state index contributed by atoms with van der Waals surface area (Å²) in [5.74, 6) is 0.928. The van der Waals surface area contributed by atoms with Crippen molar-refractivity contribution in [3.63, 3.8) is 0 Å². The Balaban J connectivity index is 2.97. The molecule has 0 aliphatic heterocycles. The molecule has 2 atom stereocenters. The maximum Gasteiger partial charge on any atom is 0.0595 e. The van der Waals surface area contributed by atoms with Gasteiger partial charge in [0.05, 0.1) is 10.0 Å². The molecule has 0 spiro atoms. The fraction of sp³-hybridized carbons (Fsp3) is 0.500. The van der Waals surface area contributed by atoms with Crippen molar-refractivity contribution in [3.05, 3.63) is 33.8 Å². The standard InChI is InChI=1S/C12H17Cl2N/c1-3-8(2)10(7-15)9-4-5-11(13)12(14)6-9/h4-6,8,10H,3,7,15H2,1-2H3. The number of hydrogen-bond donors (Lipinski definition) is 1. The lowest BCUT2D eigenvalue weighted by Gasteiger charge is -2.22. The van der Waals surface area contributed by atoms with Crippen LogP contribution >= 0.6 is 23.2 Å². The molecule has 84 valence electrons. The maximum absolute atomic E-state index is 5.99. The number of rotatable bonds is 4. The highest BCUT2D eigenvalue weighted by Crippen LogP contribution is 2.30. The number of nitrogens with two attached hydrogens (primary N) is 1. The Morgan fingerprint density at radius 1 is 1.27 bits per heavy atom. The van der Waals surface area contributed by atoms with Crippen molar-refractivity contribution in [3.8, 4) is 0 Å². The molecule has 2 N–H and O–H groups in total. The summed E-state index contributed by atoms with van der Waals surface area (Å²) in [4.78, 5) is 0. The molecule has 0 aliphatic rings. The zero-order valence-corrected chi connectivity index (χ0v) is 10.6. The Hall–Kier alpha value is -0.240. The first-order valence-electron chi connectivity index (χ1n) is 5.25. The topological polar surface area (TPSA) is 26.0 Å². The third-order valence-corrected chi connectivity index (χ3v) is 3.70. The van der Waals surface area contributed by atoms with Crippen molar-refractivity contribution in [1.82, 2.24) is 0 Å². The fourth-order valence-electron chi connectivity index (χ4n) is 1.72.